The predicted molar refractivity (Wildman–Crippen MR) is 93.7 cm³/mol. The van der Waals surface area contributed by atoms with Crippen LogP contribution >= 0.6 is 0 Å². The number of hydrogen-bond donors (Lipinski definition) is 0. The minimum atomic E-state index is 0.364. The number of nitrogens with zero attached hydrogens (tertiary/aromatic N) is 3. The van der Waals surface area contributed by atoms with Crippen LogP contribution in [0.15, 0.2) is 34.9 Å². The molecule has 0 amide bonds. The number of aromatic nitrogens is 1. The van der Waals surface area contributed by atoms with Gasteiger partial charge in [-0.2, -0.15) is 0 Å². The van der Waals surface area contributed by atoms with Crippen LogP contribution in [-0.2, 0) is 6.54 Å². The van der Waals surface area contributed by atoms with Crippen molar-refractivity contribution in [3.63, 3.8) is 0 Å². The van der Waals surface area contributed by atoms with Gasteiger partial charge in [-0.15, -0.1) is 0 Å². The fraction of sp³-hybridized carbons (Fsp3) is 0.526. The largest absolute Gasteiger partial charge is 0.378 e. The standard InChI is InChI=1S/C19H27N3O/c1-14(2)17-12-19(23-20-17)18-6-5-11-22(18)13-15-7-9-16(10-8-15)21(3)4/h7-10,12,14,18H,5-6,11,13H2,1-4H3/t18-/m0/s1. The lowest BCUT2D eigenvalue weighted by atomic mass is 10.1. The van der Waals surface area contributed by atoms with Crippen LogP contribution in [-0.4, -0.2) is 30.7 Å². The summed E-state index contributed by atoms with van der Waals surface area (Å²) >= 11 is 0. The van der Waals surface area contributed by atoms with Gasteiger partial charge in [0.1, 0.15) is 0 Å². The van der Waals surface area contributed by atoms with Gasteiger partial charge in [0.25, 0.3) is 0 Å². The Morgan fingerprint density at radius 3 is 2.61 bits per heavy atom. The summed E-state index contributed by atoms with van der Waals surface area (Å²) in [4.78, 5) is 4.64. The monoisotopic (exact) mass is 313 g/mol. The first-order valence-electron chi connectivity index (χ1n) is 8.51. The Labute approximate surface area is 139 Å². The van der Waals surface area contributed by atoms with Crippen LogP contribution in [0.25, 0.3) is 0 Å². The van der Waals surface area contributed by atoms with Crippen molar-refractivity contribution in [3.8, 4) is 0 Å². The molecule has 4 heteroatoms. The summed E-state index contributed by atoms with van der Waals surface area (Å²) in [5.74, 6) is 1.44. The Morgan fingerprint density at radius 2 is 2.00 bits per heavy atom. The SMILES string of the molecule is CC(C)c1cc([C@@H]2CCCN2Cc2ccc(N(C)C)cc2)on1. The minimum absolute atomic E-state index is 0.364. The van der Waals surface area contributed by atoms with Crippen molar-refractivity contribution >= 4 is 5.69 Å². The van der Waals surface area contributed by atoms with E-state index in [9.17, 15) is 0 Å². The van der Waals surface area contributed by atoms with Crippen molar-refractivity contribution in [1.82, 2.24) is 10.1 Å². The summed E-state index contributed by atoms with van der Waals surface area (Å²) in [6.45, 7) is 6.40. The van der Waals surface area contributed by atoms with Crippen molar-refractivity contribution in [2.24, 2.45) is 0 Å². The Balaban J connectivity index is 1.71. The van der Waals surface area contributed by atoms with E-state index in [0.717, 1.165) is 31.0 Å². The van der Waals surface area contributed by atoms with Gasteiger partial charge >= 0.3 is 0 Å². The molecule has 1 aliphatic heterocycles. The van der Waals surface area contributed by atoms with E-state index in [1.807, 2.05) is 0 Å². The summed E-state index contributed by atoms with van der Waals surface area (Å²) in [5.41, 5.74) is 3.65. The van der Waals surface area contributed by atoms with Crippen molar-refractivity contribution in [1.29, 1.82) is 0 Å². The molecule has 0 saturated carbocycles. The van der Waals surface area contributed by atoms with Crippen LogP contribution in [0.5, 0.6) is 0 Å². The Kier molecular flexibility index (Phi) is 4.71. The van der Waals surface area contributed by atoms with Crippen LogP contribution in [0.2, 0.25) is 0 Å². The predicted octanol–water partition coefficient (Wildman–Crippen LogP) is 4.20. The Hall–Kier alpha value is -1.81. The third-order valence-electron chi connectivity index (χ3n) is 4.67. The third kappa shape index (κ3) is 3.58. The van der Waals surface area contributed by atoms with Crippen LogP contribution < -0.4 is 4.90 Å². The second kappa shape index (κ2) is 6.75. The van der Waals surface area contributed by atoms with Gasteiger partial charge in [0.2, 0.25) is 0 Å². The summed E-state index contributed by atoms with van der Waals surface area (Å²) in [6, 6.07) is 11.3. The highest BCUT2D eigenvalue weighted by molar-refractivity contribution is 5.46. The second-order valence-electron chi connectivity index (χ2n) is 7.00. The van der Waals surface area contributed by atoms with Crippen LogP contribution in [0.3, 0.4) is 0 Å². The molecule has 1 saturated heterocycles. The molecule has 23 heavy (non-hydrogen) atoms. The highest BCUT2D eigenvalue weighted by Crippen LogP contribution is 2.34. The molecule has 1 fully saturated rings. The quantitative estimate of drug-likeness (QED) is 0.828. The van der Waals surface area contributed by atoms with Gasteiger partial charge in [-0.05, 0) is 43.0 Å². The van der Waals surface area contributed by atoms with Gasteiger partial charge in [0.15, 0.2) is 5.76 Å². The van der Waals surface area contributed by atoms with Gasteiger partial charge in [-0.1, -0.05) is 31.1 Å². The summed E-state index contributed by atoms with van der Waals surface area (Å²) in [7, 11) is 4.14. The Morgan fingerprint density at radius 1 is 1.26 bits per heavy atom. The maximum absolute atomic E-state index is 5.63. The number of rotatable bonds is 5. The van der Waals surface area contributed by atoms with E-state index < -0.39 is 0 Å². The molecule has 0 spiro atoms. The molecule has 1 aliphatic rings. The smallest absolute Gasteiger partial charge is 0.154 e. The number of benzene rings is 1. The van der Waals surface area contributed by atoms with Crippen molar-refractivity contribution < 1.29 is 4.52 Å². The molecule has 0 N–H and O–H groups in total. The van der Waals surface area contributed by atoms with E-state index in [4.69, 9.17) is 4.52 Å². The lowest BCUT2D eigenvalue weighted by Crippen LogP contribution is -2.22. The van der Waals surface area contributed by atoms with Crippen molar-refractivity contribution in [3.05, 3.63) is 47.3 Å². The first kappa shape index (κ1) is 16.1. The summed E-state index contributed by atoms with van der Waals surface area (Å²) in [6.07, 6.45) is 2.38. The molecule has 124 valence electrons. The van der Waals surface area contributed by atoms with Crippen LogP contribution in [0.1, 0.15) is 55.7 Å². The van der Waals surface area contributed by atoms with Crippen LogP contribution in [0, 0.1) is 0 Å². The third-order valence-corrected chi connectivity index (χ3v) is 4.67. The van der Waals surface area contributed by atoms with Crippen molar-refractivity contribution in [2.45, 2.75) is 45.2 Å². The highest BCUT2D eigenvalue weighted by Gasteiger charge is 2.29. The maximum atomic E-state index is 5.63. The minimum Gasteiger partial charge on any atom is -0.378 e. The average molecular weight is 313 g/mol. The van der Waals surface area contributed by atoms with E-state index in [2.05, 4.69) is 73.2 Å². The van der Waals surface area contributed by atoms with Gasteiger partial charge in [-0.3, -0.25) is 4.90 Å². The molecule has 0 unspecified atom stereocenters. The molecule has 3 rings (SSSR count). The lowest BCUT2D eigenvalue weighted by molar-refractivity contribution is 0.206. The molecule has 2 heterocycles. The molecule has 1 atom stereocenters. The average Bonchev–Trinajstić information content (AvgIpc) is 3.16. The van der Waals surface area contributed by atoms with Gasteiger partial charge in [0.05, 0.1) is 11.7 Å². The van der Waals surface area contributed by atoms with Crippen molar-refractivity contribution in [2.75, 3.05) is 25.5 Å². The normalized spacial score (nSPS) is 18.7. The number of likely N-dealkylation sites (tertiary alicyclic amines) is 1. The molecular weight excluding hydrogens is 286 g/mol. The van der Waals surface area contributed by atoms with E-state index >= 15 is 0 Å². The van der Waals surface area contributed by atoms with E-state index in [-0.39, 0.29) is 0 Å². The maximum Gasteiger partial charge on any atom is 0.154 e. The molecular formula is C19H27N3O. The fourth-order valence-electron chi connectivity index (χ4n) is 3.20. The fourth-order valence-corrected chi connectivity index (χ4v) is 3.20. The van der Waals surface area contributed by atoms with E-state index in [0.29, 0.717) is 12.0 Å². The molecule has 0 radical (unpaired) electrons. The molecule has 1 aromatic carbocycles. The molecule has 4 nitrogen and oxygen atoms in total. The van der Waals surface area contributed by atoms with Crippen LogP contribution in [0.4, 0.5) is 5.69 Å². The van der Waals surface area contributed by atoms with Gasteiger partial charge < -0.3 is 9.42 Å². The number of hydrogen-bond acceptors (Lipinski definition) is 4. The first-order valence-corrected chi connectivity index (χ1v) is 8.51. The molecule has 0 aliphatic carbocycles. The molecule has 1 aromatic heterocycles. The zero-order valence-corrected chi connectivity index (χ0v) is 14.6. The van der Waals surface area contributed by atoms with Gasteiger partial charge in [0, 0.05) is 32.4 Å². The summed E-state index contributed by atoms with van der Waals surface area (Å²) < 4.78 is 5.63. The van der Waals surface area contributed by atoms with E-state index in [1.165, 1.54) is 17.7 Å². The lowest BCUT2D eigenvalue weighted by Gasteiger charge is -2.22. The highest BCUT2D eigenvalue weighted by atomic mass is 16.5. The molecule has 2 aromatic rings. The zero-order chi connectivity index (χ0) is 16.4. The number of anilines is 1. The van der Waals surface area contributed by atoms with E-state index in [1.54, 1.807) is 0 Å². The molecule has 0 bridgehead atoms. The zero-order valence-electron chi connectivity index (χ0n) is 14.6. The Bertz CT molecular complexity index is 630. The van der Waals surface area contributed by atoms with Gasteiger partial charge in [-0.25, -0.2) is 0 Å². The second-order valence-corrected chi connectivity index (χ2v) is 7.00. The summed E-state index contributed by atoms with van der Waals surface area (Å²) in [5, 5.41) is 4.23. The first-order chi connectivity index (χ1) is 11.0. The topological polar surface area (TPSA) is 32.5 Å².